The Morgan fingerprint density at radius 3 is 3.08 bits per heavy atom. The molecule has 70 valence electrons. The second-order valence-electron chi connectivity index (χ2n) is 3.14. The monoisotopic (exact) mass is 180 g/mol. The van der Waals surface area contributed by atoms with Crippen LogP contribution in [0.25, 0.3) is 0 Å². The predicted molar refractivity (Wildman–Crippen MR) is 45.6 cm³/mol. The highest BCUT2D eigenvalue weighted by molar-refractivity contribution is 6.02. The maximum Gasteiger partial charge on any atom is 0.230 e. The minimum atomic E-state index is -0.581. The number of carbonyl (C=O) groups excluding carboxylic acids is 2. The van der Waals surface area contributed by atoms with Crippen LogP contribution in [0.15, 0.2) is 0 Å². The van der Waals surface area contributed by atoms with E-state index in [2.05, 4.69) is 5.32 Å². The number of nitrogens with zero attached hydrogens (tertiary/aromatic N) is 1. The minimum absolute atomic E-state index is 0.155. The molecule has 0 aromatic heterocycles. The van der Waals surface area contributed by atoms with E-state index < -0.39 is 5.92 Å². The van der Waals surface area contributed by atoms with Crippen molar-refractivity contribution in [2.75, 3.05) is 6.54 Å². The fourth-order valence-electron chi connectivity index (χ4n) is 1.45. The molecule has 0 aromatic rings. The summed E-state index contributed by atoms with van der Waals surface area (Å²) in [6.07, 6.45) is 2.23. The second kappa shape index (κ2) is 4.61. The van der Waals surface area contributed by atoms with Gasteiger partial charge in [-0.15, -0.1) is 0 Å². The van der Waals surface area contributed by atoms with Crippen molar-refractivity contribution in [3.8, 4) is 6.07 Å². The molecule has 0 saturated carbocycles. The maximum absolute atomic E-state index is 11.3. The Hall–Kier alpha value is -1.37. The van der Waals surface area contributed by atoms with Crippen LogP contribution in [0.2, 0.25) is 0 Å². The van der Waals surface area contributed by atoms with Gasteiger partial charge in [0.05, 0.1) is 18.4 Å². The van der Waals surface area contributed by atoms with Gasteiger partial charge in [0.15, 0.2) is 5.78 Å². The molecule has 1 rings (SSSR count). The fourth-order valence-corrected chi connectivity index (χ4v) is 1.45. The fraction of sp³-hybridized carbons (Fsp3) is 0.667. The first kappa shape index (κ1) is 9.72. The molecule has 1 saturated heterocycles. The molecule has 0 spiro atoms. The lowest BCUT2D eigenvalue weighted by atomic mass is 9.96. The van der Waals surface area contributed by atoms with Gasteiger partial charge in [0.1, 0.15) is 0 Å². The molecule has 1 fully saturated rings. The topological polar surface area (TPSA) is 70.0 Å². The molecule has 1 aliphatic heterocycles. The van der Waals surface area contributed by atoms with Crippen molar-refractivity contribution < 1.29 is 9.59 Å². The zero-order valence-electron chi connectivity index (χ0n) is 7.38. The van der Waals surface area contributed by atoms with Gasteiger partial charge < -0.3 is 5.32 Å². The molecule has 0 aliphatic carbocycles. The highest BCUT2D eigenvalue weighted by Gasteiger charge is 2.26. The van der Waals surface area contributed by atoms with Gasteiger partial charge in [-0.05, 0) is 12.8 Å². The van der Waals surface area contributed by atoms with Crippen molar-refractivity contribution in [2.45, 2.75) is 25.7 Å². The number of nitrogens with one attached hydrogen (secondary N) is 1. The van der Waals surface area contributed by atoms with Crippen LogP contribution < -0.4 is 5.32 Å². The van der Waals surface area contributed by atoms with Crippen LogP contribution in [-0.4, -0.2) is 18.2 Å². The molecular weight excluding hydrogens is 168 g/mol. The zero-order valence-corrected chi connectivity index (χ0v) is 7.38. The lowest BCUT2D eigenvalue weighted by molar-refractivity contribution is -0.133. The summed E-state index contributed by atoms with van der Waals surface area (Å²) >= 11 is 0. The summed E-state index contributed by atoms with van der Waals surface area (Å²) in [6.45, 7) is 0.648. The summed E-state index contributed by atoms with van der Waals surface area (Å²) in [5.41, 5.74) is 0. The first-order chi connectivity index (χ1) is 6.25. The van der Waals surface area contributed by atoms with Crippen molar-refractivity contribution >= 4 is 11.7 Å². The number of nitriles is 1. The Morgan fingerprint density at radius 2 is 2.38 bits per heavy atom. The molecule has 13 heavy (non-hydrogen) atoms. The van der Waals surface area contributed by atoms with E-state index in [4.69, 9.17) is 5.26 Å². The molecule has 0 radical (unpaired) electrons. The van der Waals surface area contributed by atoms with E-state index in [1.807, 2.05) is 0 Å². The quantitative estimate of drug-likeness (QED) is 0.625. The highest BCUT2D eigenvalue weighted by Crippen LogP contribution is 2.14. The average Bonchev–Trinajstić information content (AvgIpc) is 2.30. The SMILES string of the molecule is N#CCC(=O)C1CCCCNC1=O. The highest BCUT2D eigenvalue weighted by atomic mass is 16.2. The molecule has 4 heteroatoms. The van der Waals surface area contributed by atoms with Gasteiger partial charge in [-0.2, -0.15) is 5.26 Å². The van der Waals surface area contributed by atoms with Gasteiger partial charge in [0.2, 0.25) is 5.91 Å². The Balaban J connectivity index is 2.60. The van der Waals surface area contributed by atoms with Gasteiger partial charge in [-0.3, -0.25) is 9.59 Å². The summed E-state index contributed by atoms with van der Waals surface area (Å²) in [7, 11) is 0. The molecule has 1 N–H and O–H groups in total. The van der Waals surface area contributed by atoms with E-state index in [0.717, 1.165) is 12.8 Å². The molecule has 1 unspecified atom stereocenters. The molecule has 1 heterocycles. The van der Waals surface area contributed by atoms with E-state index in [-0.39, 0.29) is 18.1 Å². The number of hydrogen-bond donors (Lipinski definition) is 1. The largest absolute Gasteiger partial charge is 0.355 e. The van der Waals surface area contributed by atoms with Crippen molar-refractivity contribution in [3.05, 3.63) is 0 Å². The molecule has 1 atom stereocenters. The Labute approximate surface area is 76.9 Å². The molecular formula is C9H12N2O2. The second-order valence-corrected chi connectivity index (χ2v) is 3.14. The van der Waals surface area contributed by atoms with Crippen LogP contribution in [0.4, 0.5) is 0 Å². The Kier molecular flexibility index (Phi) is 3.44. The first-order valence-corrected chi connectivity index (χ1v) is 4.43. The normalized spacial score (nSPS) is 22.7. The minimum Gasteiger partial charge on any atom is -0.355 e. The smallest absolute Gasteiger partial charge is 0.230 e. The van der Waals surface area contributed by atoms with E-state index in [1.165, 1.54) is 0 Å². The molecule has 1 aliphatic rings. The molecule has 4 nitrogen and oxygen atoms in total. The molecule has 1 amide bonds. The van der Waals surface area contributed by atoms with Crippen molar-refractivity contribution in [2.24, 2.45) is 5.92 Å². The summed E-state index contributed by atoms with van der Waals surface area (Å²) in [4.78, 5) is 22.6. The van der Waals surface area contributed by atoms with Gasteiger partial charge in [-0.1, -0.05) is 6.42 Å². The van der Waals surface area contributed by atoms with Crippen LogP contribution in [0.3, 0.4) is 0 Å². The lowest BCUT2D eigenvalue weighted by Crippen LogP contribution is -2.33. The Morgan fingerprint density at radius 1 is 1.62 bits per heavy atom. The lowest BCUT2D eigenvalue weighted by Gasteiger charge is -2.08. The van der Waals surface area contributed by atoms with Crippen LogP contribution in [0.1, 0.15) is 25.7 Å². The van der Waals surface area contributed by atoms with E-state index in [0.29, 0.717) is 13.0 Å². The zero-order chi connectivity index (χ0) is 9.68. The first-order valence-electron chi connectivity index (χ1n) is 4.43. The third kappa shape index (κ3) is 2.55. The van der Waals surface area contributed by atoms with E-state index >= 15 is 0 Å². The summed E-state index contributed by atoms with van der Waals surface area (Å²) < 4.78 is 0. The third-order valence-electron chi connectivity index (χ3n) is 2.18. The van der Waals surface area contributed by atoms with Crippen molar-refractivity contribution in [1.29, 1.82) is 5.26 Å². The van der Waals surface area contributed by atoms with Crippen molar-refractivity contribution in [3.63, 3.8) is 0 Å². The standard InChI is InChI=1S/C9H12N2O2/c10-5-4-8(12)7-3-1-2-6-11-9(7)13/h7H,1-4,6H2,(H,11,13). The number of ketones is 1. The predicted octanol–water partition coefficient (Wildman–Crippen LogP) is 0.385. The third-order valence-corrected chi connectivity index (χ3v) is 2.18. The van der Waals surface area contributed by atoms with Crippen LogP contribution in [0.5, 0.6) is 0 Å². The number of amides is 1. The number of rotatable bonds is 2. The summed E-state index contributed by atoms with van der Waals surface area (Å²) in [5, 5.41) is 11.0. The number of carbonyl (C=O) groups is 2. The summed E-state index contributed by atoms with van der Waals surface area (Å²) in [6, 6.07) is 1.78. The van der Waals surface area contributed by atoms with Crippen molar-refractivity contribution in [1.82, 2.24) is 5.32 Å². The van der Waals surface area contributed by atoms with E-state index in [1.54, 1.807) is 6.07 Å². The number of Topliss-reactive ketones (excluding diaryl/α,β-unsaturated/α-hetero) is 1. The van der Waals surface area contributed by atoms with Crippen LogP contribution in [-0.2, 0) is 9.59 Å². The average molecular weight is 180 g/mol. The van der Waals surface area contributed by atoms with Crippen LogP contribution >= 0.6 is 0 Å². The van der Waals surface area contributed by atoms with Gasteiger partial charge in [0, 0.05) is 6.54 Å². The number of hydrogen-bond acceptors (Lipinski definition) is 3. The molecule has 0 bridgehead atoms. The van der Waals surface area contributed by atoms with Gasteiger partial charge in [-0.25, -0.2) is 0 Å². The molecule has 0 aromatic carbocycles. The van der Waals surface area contributed by atoms with Crippen LogP contribution in [0, 0.1) is 17.2 Å². The maximum atomic E-state index is 11.3. The van der Waals surface area contributed by atoms with Gasteiger partial charge >= 0.3 is 0 Å². The van der Waals surface area contributed by atoms with Gasteiger partial charge in [0.25, 0.3) is 0 Å². The summed E-state index contributed by atoms with van der Waals surface area (Å²) in [5.74, 6) is -1.04. The van der Waals surface area contributed by atoms with E-state index in [9.17, 15) is 9.59 Å². The Bertz CT molecular complexity index is 255.